The van der Waals surface area contributed by atoms with Crippen molar-refractivity contribution in [2.45, 2.75) is 18.6 Å². The van der Waals surface area contributed by atoms with Gasteiger partial charge in [-0.3, -0.25) is 20.2 Å². The maximum Gasteiger partial charge on any atom is 0.322 e. The van der Waals surface area contributed by atoms with Crippen LogP contribution in [-0.2, 0) is 4.79 Å². The molecule has 0 aromatic heterocycles. The van der Waals surface area contributed by atoms with Crippen LogP contribution in [0.3, 0.4) is 0 Å². The summed E-state index contributed by atoms with van der Waals surface area (Å²) in [5, 5.41) is 26.4. The number of nitrogens with zero attached hydrogens (tertiary/aromatic N) is 1. The molecule has 1 heterocycles. The van der Waals surface area contributed by atoms with Gasteiger partial charge >= 0.3 is 6.03 Å². The first-order valence-electron chi connectivity index (χ1n) is 7.48. The van der Waals surface area contributed by atoms with Crippen LogP contribution in [0.4, 0.5) is 10.5 Å². The van der Waals surface area contributed by atoms with Gasteiger partial charge in [-0.25, -0.2) is 4.79 Å². The molecule has 2 unspecified atom stereocenters. The summed E-state index contributed by atoms with van der Waals surface area (Å²) >= 11 is 0. The Morgan fingerprint density at radius 3 is 2.36 bits per heavy atom. The SMILES string of the molecule is CC1(C(O)c2ccc(-c3ccccc3)cc2[N+](=O)[O-])NC(=O)NC1=O. The van der Waals surface area contributed by atoms with Gasteiger partial charge in [0.2, 0.25) is 0 Å². The van der Waals surface area contributed by atoms with Gasteiger partial charge in [0.25, 0.3) is 11.6 Å². The Morgan fingerprint density at radius 1 is 1.12 bits per heavy atom. The highest BCUT2D eigenvalue weighted by Crippen LogP contribution is 2.36. The van der Waals surface area contributed by atoms with E-state index in [0.29, 0.717) is 5.56 Å². The van der Waals surface area contributed by atoms with Crippen molar-refractivity contribution < 1.29 is 19.6 Å². The lowest BCUT2D eigenvalue weighted by atomic mass is 9.87. The van der Waals surface area contributed by atoms with Crippen LogP contribution in [0.15, 0.2) is 48.5 Å². The molecule has 2 atom stereocenters. The Hall–Kier alpha value is -3.26. The van der Waals surface area contributed by atoms with Crippen LogP contribution < -0.4 is 10.6 Å². The Balaban J connectivity index is 2.06. The topological polar surface area (TPSA) is 122 Å². The highest BCUT2D eigenvalue weighted by molar-refractivity contribution is 6.07. The maximum absolute atomic E-state index is 12.0. The Morgan fingerprint density at radius 2 is 1.80 bits per heavy atom. The summed E-state index contributed by atoms with van der Waals surface area (Å²) in [4.78, 5) is 34.2. The van der Waals surface area contributed by atoms with E-state index in [9.17, 15) is 24.8 Å². The number of nitro benzene ring substituents is 1. The van der Waals surface area contributed by atoms with Crippen molar-refractivity contribution in [3.05, 3.63) is 64.2 Å². The molecule has 0 spiro atoms. The number of nitrogens with one attached hydrogen (secondary N) is 2. The zero-order valence-corrected chi connectivity index (χ0v) is 13.2. The van der Waals surface area contributed by atoms with Crippen LogP contribution in [0.1, 0.15) is 18.6 Å². The summed E-state index contributed by atoms with van der Waals surface area (Å²) in [7, 11) is 0. The number of aliphatic hydroxyl groups excluding tert-OH is 1. The van der Waals surface area contributed by atoms with E-state index in [2.05, 4.69) is 5.32 Å². The number of benzene rings is 2. The molecule has 2 aromatic rings. The van der Waals surface area contributed by atoms with E-state index >= 15 is 0 Å². The third kappa shape index (κ3) is 2.83. The van der Waals surface area contributed by atoms with E-state index in [-0.39, 0.29) is 11.3 Å². The van der Waals surface area contributed by atoms with Crippen molar-refractivity contribution in [1.82, 2.24) is 10.6 Å². The van der Waals surface area contributed by atoms with Gasteiger partial charge in [-0.15, -0.1) is 0 Å². The van der Waals surface area contributed by atoms with E-state index in [1.165, 1.54) is 19.1 Å². The molecule has 3 N–H and O–H groups in total. The number of urea groups is 1. The molecule has 0 bridgehead atoms. The molecule has 3 amide bonds. The first-order valence-corrected chi connectivity index (χ1v) is 7.48. The fourth-order valence-corrected chi connectivity index (χ4v) is 2.80. The fraction of sp³-hybridized carbons (Fsp3) is 0.176. The first-order chi connectivity index (χ1) is 11.8. The van der Waals surface area contributed by atoms with Gasteiger partial charge < -0.3 is 10.4 Å². The van der Waals surface area contributed by atoms with Gasteiger partial charge in [0.15, 0.2) is 0 Å². The molecule has 25 heavy (non-hydrogen) atoms. The Kier molecular flexibility index (Phi) is 3.97. The molecule has 1 fully saturated rings. The van der Waals surface area contributed by atoms with E-state index in [1.54, 1.807) is 18.2 Å². The predicted octanol–water partition coefficient (Wildman–Crippen LogP) is 1.89. The molecule has 8 heteroatoms. The molecule has 8 nitrogen and oxygen atoms in total. The third-order valence-corrected chi connectivity index (χ3v) is 4.25. The number of hydrogen-bond donors (Lipinski definition) is 3. The molecule has 128 valence electrons. The standard InChI is InChI=1S/C17H15N3O5/c1-17(15(22)18-16(23)19-17)14(21)12-8-7-11(9-13(12)20(24)25)10-5-3-2-4-6-10/h2-9,14,21H,1H3,(H2,18,19,22,23). The number of imide groups is 1. The molecule has 0 saturated carbocycles. The highest BCUT2D eigenvalue weighted by atomic mass is 16.6. The monoisotopic (exact) mass is 341 g/mol. The average molecular weight is 341 g/mol. The minimum absolute atomic E-state index is 0.0514. The number of nitro groups is 1. The smallest absolute Gasteiger partial charge is 0.322 e. The van der Waals surface area contributed by atoms with Crippen LogP contribution in [0.25, 0.3) is 11.1 Å². The first kappa shape index (κ1) is 16.6. The number of amides is 3. The molecular weight excluding hydrogens is 326 g/mol. The highest BCUT2D eigenvalue weighted by Gasteiger charge is 2.49. The summed E-state index contributed by atoms with van der Waals surface area (Å²) < 4.78 is 0. The molecule has 1 saturated heterocycles. The lowest BCUT2D eigenvalue weighted by Gasteiger charge is -2.27. The summed E-state index contributed by atoms with van der Waals surface area (Å²) in [5.74, 6) is -0.744. The minimum Gasteiger partial charge on any atom is -0.385 e. The van der Waals surface area contributed by atoms with E-state index in [0.717, 1.165) is 5.56 Å². The van der Waals surface area contributed by atoms with Crippen molar-refractivity contribution in [3.63, 3.8) is 0 Å². The molecule has 3 rings (SSSR count). The number of carbonyl (C=O) groups excluding carboxylic acids is 2. The Bertz CT molecular complexity index is 868. The maximum atomic E-state index is 12.0. The van der Waals surface area contributed by atoms with Gasteiger partial charge in [0.1, 0.15) is 11.6 Å². The second-order valence-electron chi connectivity index (χ2n) is 5.91. The normalized spacial score (nSPS) is 20.7. The summed E-state index contributed by atoms with van der Waals surface area (Å²) in [6.45, 7) is 1.31. The molecular formula is C17H15N3O5. The van der Waals surface area contributed by atoms with Crippen molar-refractivity contribution in [2.24, 2.45) is 0 Å². The van der Waals surface area contributed by atoms with Crippen LogP contribution in [-0.4, -0.2) is 27.5 Å². The zero-order chi connectivity index (χ0) is 18.2. The lowest BCUT2D eigenvalue weighted by molar-refractivity contribution is -0.386. The molecule has 0 radical (unpaired) electrons. The van der Waals surface area contributed by atoms with Gasteiger partial charge in [0.05, 0.1) is 10.5 Å². The minimum atomic E-state index is -1.68. The van der Waals surface area contributed by atoms with Gasteiger partial charge in [-0.2, -0.15) is 0 Å². The van der Waals surface area contributed by atoms with E-state index in [1.807, 2.05) is 23.5 Å². The summed E-state index contributed by atoms with van der Waals surface area (Å²) in [6, 6.07) is 12.7. The van der Waals surface area contributed by atoms with Crippen molar-refractivity contribution >= 4 is 17.6 Å². The fourth-order valence-electron chi connectivity index (χ4n) is 2.80. The molecule has 1 aliphatic rings. The van der Waals surface area contributed by atoms with Gasteiger partial charge in [-0.05, 0) is 24.1 Å². The molecule has 1 aliphatic heterocycles. The van der Waals surface area contributed by atoms with E-state index < -0.39 is 28.5 Å². The second kappa shape index (κ2) is 5.99. The number of hydrogen-bond acceptors (Lipinski definition) is 5. The van der Waals surface area contributed by atoms with Crippen LogP contribution >= 0.6 is 0 Å². The van der Waals surface area contributed by atoms with Crippen LogP contribution in [0.5, 0.6) is 0 Å². The zero-order valence-electron chi connectivity index (χ0n) is 13.2. The van der Waals surface area contributed by atoms with Crippen molar-refractivity contribution in [1.29, 1.82) is 0 Å². The molecule has 0 aliphatic carbocycles. The van der Waals surface area contributed by atoms with Gasteiger partial charge in [-0.1, -0.05) is 36.4 Å². The van der Waals surface area contributed by atoms with Gasteiger partial charge in [0, 0.05) is 6.07 Å². The largest absolute Gasteiger partial charge is 0.385 e. The van der Waals surface area contributed by atoms with Crippen molar-refractivity contribution in [3.8, 4) is 11.1 Å². The second-order valence-corrected chi connectivity index (χ2v) is 5.91. The Labute approximate surface area is 142 Å². The average Bonchev–Trinajstić information content (AvgIpc) is 2.87. The predicted molar refractivity (Wildman–Crippen MR) is 88.6 cm³/mol. The van der Waals surface area contributed by atoms with Crippen molar-refractivity contribution in [2.75, 3.05) is 0 Å². The number of aliphatic hydroxyl groups is 1. The van der Waals surface area contributed by atoms with Crippen LogP contribution in [0, 0.1) is 10.1 Å². The summed E-state index contributed by atoms with van der Waals surface area (Å²) in [5.41, 5.74) is -0.678. The number of carbonyl (C=O) groups is 2. The quantitative estimate of drug-likeness (QED) is 0.445. The lowest BCUT2D eigenvalue weighted by Crippen LogP contribution is -2.49. The number of rotatable bonds is 4. The molecule has 2 aromatic carbocycles. The summed E-state index contributed by atoms with van der Waals surface area (Å²) in [6.07, 6.45) is -1.58. The third-order valence-electron chi connectivity index (χ3n) is 4.25. The van der Waals surface area contributed by atoms with Crippen LogP contribution in [0.2, 0.25) is 0 Å². The van der Waals surface area contributed by atoms with E-state index in [4.69, 9.17) is 0 Å².